The molecule has 1 unspecified atom stereocenters. The van der Waals surface area contributed by atoms with E-state index in [1.807, 2.05) is 13.1 Å². The molecule has 0 saturated carbocycles. The Kier molecular flexibility index (Phi) is 3.41. The maximum absolute atomic E-state index is 11.6. The average molecular weight is 208 g/mol. The summed E-state index contributed by atoms with van der Waals surface area (Å²) in [5.74, 6) is 0.284. The SMILES string of the molecule is CC1=CNC(CCN2CCCCC2)C1=O. The van der Waals surface area contributed by atoms with E-state index < -0.39 is 0 Å². The molecule has 2 aliphatic rings. The van der Waals surface area contributed by atoms with Gasteiger partial charge in [0.1, 0.15) is 0 Å². The van der Waals surface area contributed by atoms with Crippen LogP contribution in [0.25, 0.3) is 0 Å². The van der Waals surface area contributed by atoms with Gasteiger partial charge < -0.3 is 10.2 Å². The van der Waals surface area contributed by atoms with Gasteiger partial charge in [-0.1, -0.05) is 6.42 Å². The molecule has 15 heavy (non-hydrogen) atoms. The molecule has 3 nitrogen and oxygen atoms in total. The molecule has 1 saturated heterocycles. The molecule has 1 N–H and O–H groups in total. The number of Topliss-reactive ketones (excluding diaryl/α,β-unsaturated/α-hetero) is 1. The summed E-state index contributed by atoms with van der Waals surface area (Å²) in [5.41, 5.74) is 0.874. The zero-order valence-corrected chi connectivity index (χ0v) is 9.46. The van der Waals surface area contributed by atoms with Crippen LogP contribution in [0, 0.1) is 0 Å². The number of hydrogen-bond donors (Lipinski definition) is 1. The number of likely N-dealkylation sites (tertiary alicyclic amines) is 1. The third-order valence-electron chi connectivity index (χ3n) is 3.39. The summed E-state index contributed by atoms with van der Waals surface area (Å²) in [6.07, 6.45) is 6.82. The van der Waals surface area contributed by atoms with Crippen molar-refractivity contribution in [3.8, 4) is 0 Å². The minimum absolute atomic E-state index is 0.0481. The smallest absolute Gasteiger partial charge is 0.182 e. The largest absolute Gasteiger partial charge is 0.381 e. The first kappa shape index (κ1) is 10.7. The molecule has 0 aromatic heterocycles. The van der Waals surface area contributed by atoms with Gasteiger partial charge in [0.25, 0.3) is 0 Å². The lowest BCUT2D eigenvalue weighted by Gasteiger charge is -2.27. The van der Waals surface area contributed by atoms with Gasteiger partial charge in [-0.15, -0.1) is 0 Å². The van der Waals surface area contributed by atoms with Gasteiger partial charge in [0, 0.05) is 18.3 Å². The topological polar surface area (TPSA) is 32.3 Å². The molecule has 0 spiro atoms. The number of ketones is 1. The summed E-state index contributed by atoms with van der Waals surface area (Å²) in [4.78, 5) is 14.1. The molecular formula is C12H20N2O. The Morgan fingerprint density at radius 1 is 1.40 bits per heavy atom. The number of hydrogen-bond acceptors (Lipinski definition) is 3. The lowest BCUT2D eigenvalue weighted by Crippen LogP contribution is -2.36. The number of nitrogens with one attached hydrogen (secondary N) is 1. The minimum Gasteiger partial charge on any atom is -0.381 e. The van der Waals surface area contributed by atoms with Gasteiger partial charge >= 0.3 is 0 Å². The second-order valence-corrected chi connectivity index (χ2v) is 4.60. The van der Waals surface area contributed by atoms with Gasteiger partial charge in [-0.2, -0.15) is 0 Å². The fraction of sp³-hybridized carbons (Fsp3) is 0.750. The summed E-state index contributed by atoms with van der Waals surface area (Å²) in [7, 11) is 0. The molecule has 0 radical (unpaired) electrons. The molecule has 84 valence electrons. The van der Waals surface area contributed by atoms with E-state index in [1.165, 1.54) is 32.4 Å². The van der Waals surface area contributed by atoms with Crippen molar-refractivity contribution >= 4 is 5.78 Å². The Hall–Kier alpha value is -0.830. The highest BCUT2D eigenvalue weighted by atomic mass is 16.1. The number of rotatable bonds is 3. The van der Waals surface area contributed by atoms with Crippen molar-refractivity contribution in [3.63, 3.8) is 0 Å². The Morgan fingerprint density at radius 2 is 2.13 bits per heavy atom. The molecular weight excluding hydrogens is 188 g/mol. The average Bonchev–Trinajstić information content (AvgIpc) is 2.59. The Bertz CT molecular complexity index is 267. The normalized spacial score (nSPS) is 27.7. The van der Waals surface area contributed by atoms with Crippen molar-refractivity contribution < 1.29 is 4.79 Å². The van der Waals surface area contributed by atoms with Crippen LogP contribution < -0.4 is 5.32 Å². The summed E-state index contributed by atoms with van der Waals surface area (Å²) in [6.45, 7) is 5.38. The van der Waals surface area contributed by atoms with Crippen LogP contribution in [0.15, 0.2) is 11.8 Å². The summed E-state index contributed by atoms with van der Waals surface area (Å²) < 4.78 is 0. The molecule has 1 atom stereocenters. The standard InChI is InChI=1S/C12H20N2O/c1-10-9-13-11(12(10)15)5-8-14-6-3-2-4-7-14/h9,11,13H,2-8H2,1H3. The van der Waals surface area contributed by atoms with Gasteiger partial charge in [0.2, 0.25) is 0 Å². The van der Waals surface area contributed by atoms with Crippen LogP contribution in [0.3, 0.4) is 0 Å². The van der Waals surface area contributed by atoms with Crippen LogP contribution in [-0.4, -0.2) is 36.4 Å². The van der Waals surface area contributed by atoms with E-state index in [1.54, 1.807) is 0 Å². The van der Waals surface area contributed by atoms with Crippen molar-refractivity contribution in [2.45, 2.75) is 38.6 Å². The van der Waals surface area contributed by atoms with Crippen LogP contribution in [0.5, 0.6) is 0 Å². The van der Waals surface area contributed by atoms with Crippen LogP contribution in [0.2, 0.25) is 0 Å². The van der Waals surface area contributed by atoms with Crippen LogP contribution in [0.1, 0.15) is 32.6 Å². The predicted octanol–water partition coefficient (Wildman–Crippen LogP) is 1.31. The Balaban J connectivity index is 1.72. The lowest BCUT2D eigenvalue weighted by molar-refractivity contribution is -0.116. The summed E-state index contributed by atoms with van der Waals surface area (Å²) in [5, 5.41) is 3.16. The summed E-state index contributed by atoms with van der Waals surface area (Å²) in [6, 6.07) is 0.0481. The molecule has 2 heterocycles. The van der Waals surface area contributed by atoms with E-state index in [-0.39, 0.29) is 11.8 Å². The number of piperidine rings is 1. The second kappa shape index (κ2) is 4.79. The predicted molar refractivity (Wildman–Crippen MR) is 60.6 cm³/mol. The number of carbonyl (C=O) groups excluding carboxylic acids is 1. The monoisotopic (exact) mass is 208 g/mol. The summed E-state index contributed by atoms with van der Waals surface area (Å²) >= 11 is 0. The highest BCUT2D eigenvalue weighted by Crippen LogP contribution is 2.13. The molecule has 1 fully saturated rings. The maximum Gasteiger partial charge on any atom is 0.182 e. The van der Waals surface area contributed by atoms with Gasteiger partial charge in [-0.3, -0.25) is 4.79 Å². The quantitative estimate of drug-likeness (QED) is 0.759. The first-order valence-corrected chi connectivity index (χ1v) is 5.97. The molecule has 0 aromatic rings. The first-order valence-electron chi connectivity index (χ1n) is 5.97. The zero-order chi connectivity index (χ0) is 10.7. The molecule has 0 aliphatic carbocycles. The fourth-order valence-corrected chi connectivity index (χ4v) is 2.36. The van der Waals surface area contributed by atoms with E-state index in [9.17, 15) is 4.79 Å². The van der Waals surface area contributed by atoms with Gasteiger partial charge in [-0.25, -0.2) is 0 Å². The first-order chi connectivity index (χ1) is 7.27. The van der Waals surface area contributed by atoms with Crippen molar-refractivity contribution in [3.05, 3.63) is 11.8 Å². The van der Waals surface area contributed by atoms with E-state index >= 15 is 0 Å². The van der Waals surface area contributed by atoms with Crippen molar-refractivity contribution in [2.24, 2.45) is 0 Å². The fourth-order valence-electron chi connectivity index (χ4n) is 2.36. The van der Waals surface area contributed by atoms with Crippen molar-refractivity contribution in [1.82, 2.24) is 10.2 Å². The number of nitrogens with zero attached hydrogens (tertiary/aromatic N) is 1. The Labute approximate surface area is 91.5 Å². The van der Waals surface area contributed by atoms with Crippen molar-refractivity contribution in [2.75, 3.05) is 19.6 Å². The molecule has 2 rings (SSSR count). The van der Waals surface area contributed by atoms with Crippen LogP contribution >= 0.6 is 0 Å². The second-order valence-electron chi connectivity index (χ2n) is 4.60. The zero-order valence-electron chi connectivity index (χ0n) is 9.46. The van der Waals surface area contributed by atoms with E-state index in [0.29, 0.717) is 0 Å². The minimum atomic E-state index is 0.0481. The van der Waals surface area contributed by atoms with Gasteiger partial charge in [0.15, 0.2) is 5.78 Å². The highest BCUT2D eigenvalue weighted by Gasteiger charge is 2.24. The molecule has 3 heteroatoms. The third kappa shape index (κ3) is 2.59. The van der Waals surface area contributed by atoms with Crippen molar-refractivity contribution in [1.29, 1.82) is 0 Å². The molecule has 0 bridgehead atoms. The highest BCUT2D eigenvalue weighted by molar-refractivity contribution is 6.01. The van der Waals surface area contributed by atoms with Crippen LogP contribution in [-0.2, 0) is 4.79 Å². The van der Waals surface area contributed by atoms with Crippen LogP contribution in [0.4, 0.5) is 0 Å². The molecule has 2 aliphatic heterocycles. The van der Waals surface area contributed by atoms with Gasteiger partial charge in [0.05, 0.1) is 6.04 Å². The Morgan fingerprint density at radius 3 is 2.73 bits per heavy atom. The van der Waals surface area contributed by atoms with E-state index in [0.717, 1.165) is 18.5 Å². The molecule has 0 amide bonds. The third-order valence-corrected chi connectivity index (χ3v) is 3.39. The number of carbonyl (C=O) groups is 1. The van der Waals surface area contributed by atoms with Gasteiger partial charge in [-0.05, 0) is 39.3 Å². The maximum atomic E-state index is 11.6. The van der Waals surface area contributed by atoms with E-state index in [4.69, 9.17) is 0 Å². The van der Waals surface area contributed by atoms with E-state index in [2.05, 4.69) is 10.2 Å². The molecule has 0 aromatic carbocycles. The lowest BCUT2D eigenvalue weighted by atomic mass is 10.1.